The lowest BCUT2D eigenvalue weighted by atomic mass is 9.90. The highest BCUT2D eigenvalue weighted by Crippen LogP contribution is 2.30. The molecular formula is C39H71NO6. The first kappa shape index (κ1) is 40.9. The van der Waals surface area contributed by atoms with Gasteiger partial charge in [0, 0.05) is 23.5 Å². The number of ether oxygens (including phenoxy) is 5. The maximum absolute atomic E-state index is 12.7. The van der Waals surface area contributed by atoms with E-state index in [1.54, 1.807) is 12.1 Å². The Bertz CT molecular complexity index is 827. The van der Waals surface area contributed by atoms with Gasteiger partial charge >= 0.3 is 0 Å². The van der Waals surface area contributed by atoms with Gasteiger partial charge in [-0.05, 0) is 25.7 Å². The maximum Gasteiger partial charge on any atom is 0.182 e. The standard InChI is InChI=1S/C39H71NO6/c1-5-9-13-17-21-38(22-18-14-10-6-2)33-43-31-35-29-37(41)30-36(40-35)32-44-34-39(23-19-15-11-7-3,24-20-16-12-8-4)46-28-26-42-25-27-45-38/h29-30H,5-28,31-34H2,1-4H3,(H,40,41). The predicted octanol–water partition coefficient (Wildman–Crippen LogP) is 9.83. The summed E-state index contributed by atoms with van der Waals surface area (Å²) in [5, 5.41) is 0. The van der Waals surface area contributed by atoms with Crippen LogP contribution in [0.5, 0.6) is 0 Å². The van der Waals surface area contributed by atoms with Gasteiger partial charge in [0.15, 0.2) is 5.43 Å². The van der Waals surface area contributed by atoms with Crippen LogP contribution in [0.15, 0.2) is 16.9 Å². The first-order valence-electron chi connectivity index (χ1n) is 19.2. The van der Waals surface area contributed by atoms with Gasteiger partial charge in [0.25, 0.3) is 0 Å². The smallest absolute Gasteiger partial charge is 0.182 e. The van der Waals surface area contributed by atoms with Crippen LogP contribution in [0.3, 0.4) is 0 Å². The van der Waals surface area contributed by atoms with Gasteiger partial charge in [-0.2, -0.15) is 0 Å². The quantitative estimate of drug-likeness (QED) is 0.142. The molecular weight excluding hydrogens is 578 g/mol. The zero-order valence-corrected chi connectivity index (χ0v) is 30.4. The SMILES string of the molecule is CCCCCCC1(CCCCCC)COCc2cc(=O)cc([nH]2)COCC(CCCCCC)(CCCCCC)OCCOCCO1. The Morgan fingerprint density at radius 1 is 0.522 bits per heavy atom. The highest BCUT2D eigenvalue weighted by atomic mass is 16.6. The number of pyridine rings is 1. The molecule has 0 aromatic carbocycles. The molecule has 7 nitrogen and oxygen atoms in total. The van der Waals surface area contributed by atoms with Crippen molar-refractivity contribution in [2.75, 3.05) is 39.6 Å². The summed E-state index contributed by atoms with van der Waals surface area (Å²) in [4.78, 5) is 16.1. The van der Waals surface area contributed by atoms with Crippen molar-refractivity contribution in [3.63, 3.8) is 0 Å². The predicted molar refractivity (Wildman–Crippen MR) is 190 cm³/mol. The molecule has 7 heteroatoms. The third-order valence-corrected chi connectivity index (χ3v) is 9.42. The van der Waals surface area contributed by atoms with Crippen molar-refractivity contribution in [3.8, 4) is 0 Å². The van der Waals surface area contributed by atoms with Crippen molar-refractivity contribution in [1.82, 2.24) is 4.98 Å². The molecule has 1 aromatic rings. The highest BCUT2D eigenvalue weighted by Gasteiger charge is 2.32. The molecule has 2 bridgehead atoms. The van der Waals surface area contributed by atoms with Crippen LogP contribution in [0, 0.1) is 0 Å². The van der Waals surface area contributed by atoms with Crippen molar-refractivity contribution in [2.45, 2.75) is 181 Å². The number of hydrogen-bond acceptors (Lipinski definition) is 6. The van der Waals surface area contributed by atoms with Crippen LogP contribution in [0.1, 0.15) is 167 Å². The Hall–Kier alpha value is -1.25. The van der Waals surface area contributed by atoms with Gasteiger partial charge in [-0.3, -0.25) is 4.79 Å². The maximum atomic E-state index is 12.7. The molecule has 1 aliphatic heterocycles. The van der Waals surface area contributed by atoms with Gasteiger partial charge in [-0.25, -0.2) is 0 Å². The molecule has 0 atom stereocenters. The lowest BCUT2D eigenvalue weighted by molar-refractivity contribution is -0.138. The molecule has 0 saturated carbocycles. The average Bonchev–Trinajstić information content (AvgIpc) is 3.04. The molecule has 1 aromatic heterocycles. The zero-order valence-electron chi connectivity index (χ0n) is 30.4. The highest BCUT2D eigenvalue weighted by molar-refractivity contribution is 5.10. The van der Waals surface area contributed by atoms with E-state index in [1.165, 1.54) is 77.0 Å². The number of fused-ring (bicyclic) bond motifs is 2. The number of aromatic nitrogens is 1. The largest absolute Gasteiger partial charge is 0.377 e. The van der Waals surface area contributed by atoms with E-state index in [-0.39, 0.29) is 16.6 Å². The zero-order chi connectivity index (χ0) is 33.2. The summed E-state index contributed by atoms with van der Waals surface area (Å²) in [5.74, 6) is 0. The molecule has 0 amide bonds. The van der Waals surface area contributed by atoms with Crippen LogP contribution in [0.4, 0.5) is 0 Å². The average molecular weight is 650 g/mol. The number of nitrogens with one attached hydrogen (secondary N) is 1. The van der Waals surface area contributed by atoms with Crippen LogP contribution in [0.25, 0.3) is 0 Å². The third-order valence-electron chi connectivity index (χ3n) is 9.42. The van der Waals surface area contributed by atoms with E-state index in [1.807, 2.05) is 0 Å². The molecule has 268 valence electrons. The fourth-order valence-corrected chi connectivity index (χ4v) is 6.66. The molecule has 2 rings (SSSR count). The number of aromatic amines is 1. The summed E-state index contributed by atoms with van der Waals surface area (Å²) in [5.41, 5.74) is 0.844. The van der Waals surface area contributed by atoms with Crippen LogP contribution >= 0.6 is 0 Å². The molecule has 1 aliphatic rings. The van der Waals surface area contributed by atoms with Gasteiger partial charge in [-0.15, -0.1) is 0 Å². The normalized spacial score (nSPS) is 18.2. The van der Waals surface area contributed by atoms with E-state index in [4.69, 9.17) is 23.7 Å². The van der Waals surface area contributed by atoms with Crippen molar-refractivity contribution in [3.05, 3.63) is 33.7 Å². The topological polar surface area (TPSA) is 79.0 Å². The van der Waals surface area contributed by atoms with Crippen LogP contribution < -0.4 is 5.43 Å². The Balaban J connectivity index is 2.24. The molecule has 0 saturated heterocycles. The van der Waals surface area contributed by atoms with Crippen molar-refractivity contribution < 1.29 is 23.7 Å². The van der Waals surface area contributed by atoms with Crippen LogP contribution in [-0.2, 0) is 36.9 Å². The van der Waals surface area contributed by atoms with Crippen molar-refractivity contribution >= 4 is 0 Å². The minimum Gasteiger partial charge on any atom is -0.377 e. The fraction of sp³-hybridized carbons (Fsp3) is 0.872. The Kier molecular flexibility index (Phi) is 22.9. The second-order valence-electron chi connectivity index (χ2n) is 13.8. The second-order valence-corrected chi connectivity index (χ2v) is 13.8. The summed E-state index contributed by atoms with van der Waals surface area (Å²) < 4.78 is 32.3. The summed E-state index contributed by atoms with van der Waals surface area (Å²) in [6.07, 6.45) is 23.1. The first-order chi connectivity index (χ1) is 22.5. The summed E-state index contributed by atoms with van der Waals surface area (Å²) in [6.45, 7) is 12.9. The van der Waals surface area contributed by atoms with Gasteiger partial charge in [0.1, 0.15) is 0 Å². The monoisotopic (exact) mass is 650 g/mol. The lowest BCUT2D eigenvalue weighted by Gasteiger charge is -2.35. The molecule has 2 heterocycles. The van der Waals surface area contributed by atoms with Gasteiger partial charge < -0.3 is 28.7 Å². The Labute approximate surface area is 282 Å². The van der Waals surface area contributed by atoms with Gasteiger partial charge in [0.05, 0.1) is 64.1 Å². The number of H-pyrrole nitrogens is 1. The van der Waals surface area contributed by atoms with E-state index >= 15 is 0 Å². The summed E-state index contributed by atoms with van der Waals surface area (Å²) in [7, 11) is 0. The second kappa shape index (κ2) is 25.7. The number of rotatable bonds is 20. The molecule has 1 N–H and O–H groups in total. The van der Waals surface area contributed by atoms with E-state index in [2.05, 4.69) is 32.7 Å². The lowest BCUT2D eigenvalue weighted by Crippen LogP contribution is -2.40. The number of hydrogen-bond donors (Lipinski definition) is 1. The summed E-state index contributed by atoms with van der Waals surface area (Å²) >= 11 is 0. The van der Waals surface area contributed by atoms with Gasteiger partial charge in [0.2, 0.25) is 0 Å². The third kappa shape index (κ3) is 17.8. The van der Waals surface area contributed by atoms with E-state index in [0.717, 1.165) is 62.8 Å². The summed E-state index contributed by atoms with van der Waals surface area (Å²) in [6, 6.07) is 3.30. The molecule has 0 fully saturated rings. The Morgan fingerprint density at radius 2 is 0.891 bits per heavy atom. The van der Waals surface area contributed by atoms with E-state index in [9.17, 15) is 4.79 Å². The minimum atomic E-state index is -0.347. The van der Waals surface area contributed by atoms with Crippen LogP contribution in [-0.4, -0.2) is 55.8 Å². The van der Waals surface area contributed by atoms with Crippen molar-refractivity contribution in [1.29, 1.82) is 0 Å². The molecule has 0 aliphatic carbocycles. The van der Waals surface area contributed by atoms with Crippen LogP contribution in [0.2, 0.25) is 0 Å². The molecule has 0 unspecified atom stereocenters. The van der Waals surface area contributed by atoms with Gasteiger partial charge in [-0.1, -0.05) is 130 Å². The van der Waals surface area contributed by atoms with Crippen molar-refractivity contribution in [2.24, 2.45) is 0 Å². The Morgan fingerprint density at radius 3 is 1.24 bits per heavy atom. The molecule has 0 radical (unpaired) electrons. The van der Waals surface area contributed by atoms with E-state index < -0.39 is 0 Å². The fourth-order valence-electron chi connectivity index (χ4n) is 6.66. The molecule has 46 heavy (non-hydrogen) atoms. The van der Waals surface area contributed by atoms with E-state index in [0.29, 0.717) is 52.9 Å². The minimum absolute atomic E-state index is 0.0224. The molecule has 0 spiro atoms. The first-order valence-corrected chi connectivity index (χ1v) is 19.2. The number of unbranched alkanes of at least 4 members (excludes halogenated alkanes) is 12.